The topological polar surface area (TPSA) is 66.7 Å². The van der Waals surface area contributed by atoms with Crippen molar-refractivity contribution in [2.45, 2.75) is 11.6 Å². The van der Waals surface area contributed by atoms with Crippen LogP contribution in [0.3, 0.4) is 0 Å². The Labute approximate surface area is 149 Å². The largest absolute Gasteiger partial charge is 0.457 e. The predicted molar refractivity (Wildman–Crippen MR) is 98.7 cm³/mol. The van der Waals surface area contributed by atoms with E-state index in [1.165, 1.54) is 17.5 Å². The minimum Gasteiger partial charge on any atom is -0.457 e. The summed E-state index contributed by atoms with van der Waals surface area (Å²) in [6.45, 7) is 0.734. The number of benzene rings is 1. The molecule has 0 aliphatic carbocycles. The lowest BCUT2D eigenvalue weighted by atomic mass is 10.0. The molecule has 0 fully saturated rings. The zero-order valence-electron chi connectivity index (χ0n) is 13.3. The molecule has 0 saturated carbocycles. The molecule has 2 N–H and O–H groups in total. The number of aromatic amines is 1. The van der Waals surface area contributed by atoms with Crippen molar-refractivity contribution in [1.82, 2.24) is 19.9 Å². The third-order valence-corrected chi connectivity index (χ3v) is 4.51. The number of aromatic nitrogens is 3. The fourth-order valence-electron chi connectivity index (χ4n) is 2.61. The van der Waals surface area contributed by atoms with E-state index >= 15 is 0 Å². The summed E-state index contributed by atoms with van der Waals surface area (Å²) in [6, 6.07) is 16.2. The Balaban J connectivity index is 1.53. The summed E-state index contributed by atoms with van der Waals surface area (Å²) in [5, 5.41) is 8.19. The summed E-state index contributed by atoms with van der Waals surface area (Å²) >= 11 is 1.48. The third kappa shape index (κ3) is 3.65. The van der Waals surface area contributed by atoms with Gasteiger partial charge in [0.05, 0.1) is 18.2 Å². The molecule has 0 saturated heterocycles. The summed E-state index contributed by atoms with van der Waals surface area (Å²) in [5.41, 5.74) is 5.46. The SMILES string of the molecule is c1cc(CNSc2ccco2)cc(-c2[nH]ncc2-c2ccncc2)c1. The first kappa shape index (κ1) is 15.7. The number of nitrogens with zero attached hydrogens (tertiary/aromatic N) is 2. The Morgan fingerprint density at radius 3 is 2.80 bits per heavy atom. The number of furan rings is 1. The van der Waals surface area contributed by atoms with Gasteiger partial charge in [0, 0.05) is 30.1 Å². The monoisotopic (exact) mass is 348 g/mol. The van der Waals surface area contributed by atoms with Crippen LogP contribution in [-0.2, 0) is 6.54 Å². The predicted octanol–water partition coefficient (Wildman–Crippen LogP) is 4.53. The molecule has 124 valence electrons. The van der Waals surface area contributed by atoms with Crippen molar-refractivity contribution in [1.29, 1.82) is 0 Å². The fraction of sp³-hybridized carbons (Fsp3) is 0.0526. The molecule has 0 amide bonds. The first-order chi connectivity index (χ1) is 12.4. The maximum Gasteiger partial charge on any atom is 0.174 e. The molecule has 0 bridgehead atoms. The van der Waals surface area contributed by atoms with E-state index in [0.717, 1.165) is 34.0 Å². The van der Waals surface area contributed by atoms with Crippen molar-refractivity contribution in [3.05, 3.63) is 78.9 Å². The molecule has 1 aromatic carbocycles. The normalized spacial score (nSPS) is 10.9. The van der Waals surface area contributed by atoms with Crippen LogP contribution in [0.2, 0.25) is 0 Å². The second kappa shape index (κ2) is 7.38. The highest BCUT2D eigenvalue weighted by atomic mass is 32.2. The molecule has 4 aromatic rings. The number of H-pyrrole nitrogens is 1. The van der Waals surface area contributed by atoms with Gasteiger partial charge in [0.1, 0.15) is 0 Å². The fourth-order valence-corrected chi connectivity index (χ4v) is 3.24. The molecular weight excluding hydrogens is 332 g/mol. The minimum absolute atomic E-state index is 0.734. The van der Waals surface area contributed by atoms with E-state index in [2.05, 4.69) is 44.2 Å². The van der Waals surface area contributed by atoms with Gasteiger partial charge in [0.15, 0.2) is 5.09 Å². The minimum atomic E-state index is 0.734. The van der Waals surface area contributed by atoms with Crippen molar-refractivity contribution in [2.75, 3.05) is 0 Å². The van der Waals surface area contributed by atoms with E-state index in [4.69, 9.17) is 4.42 Å². The Morgan fingerprint density at radius 1 is 1.04 bits per heavy atom. The highest BCUT2D eigenvalue weighted by molar-refractivity contribution is 7.97. The number of pyridine rings is 1. The van der Waals surface area contributed by atoms with Crippen molar-refractivity contribution >= 4 is 11.9 Å². The Kier molecular flexibility index (Phi) is 4.63. The lowest BCUT2D eigenvalue weighted by molar-refractivity contribution is 0.473. The molecule has 3 aromatic heterocycles. The van der Waals surface area contributed by atoms with E-state index in [9.17, 15) is 0 Å². The van der Waals surface area contributed by atoms with Gasteiger partial charge in [-0.15, -0.1) is 0 Å². The zero-order chi connectivity index (χ0) is 16.9. The highest BCUT2D eigenvalue weighted by Gasteiger charge is 2.10. The van der Waals surface area contributed by atoms with Crippen molar-refractivity contribution < 1.29 is 4.42 Å². The summed E-state index contributed by atoms with van der Waals surface area (Å²) in [4.78, 5) is 4.08. The van der Waals surface area contributed by atoms with Crippen LogP contribution in [-0.4, -0.2) is 15.2 Å². The number of hydrogen-bond acceptors (Lipinski definition) is 5. The Hall–Kier alpha value is -2.83. The van der Waals surface area contributed by atoms with Gasteiger partial charge in [-0.05, 0) is 53.4 Å². The van der Waals surface area contributed by atoms with Gasteiger partial charge in [0.2, 0.25) is 0 Å². The van der Waals surface area contributed by atoms with Crippen LogP contribution in [0.5, 0.6) is 0 Å². The standard InChI is InChI=1S/C19H16N4OS/c1-3-14(12-22-25-18-5-2-10-24-18)11-16(4-1)19-17(13-21-23-19)15-6-8-20-9-7-15/h1-11,13,22H,12H2,(H,21,23). The second-order valence-corrected chi connectivity index (χ2v) is 6.35. The lowest BCUT2D eigenvalue weighted by Crippen LogP contribution is -2.02. The van der Waals surface area contributed by atoms with E-state index in [1.807, 2.05) is 30.5 Å². The van der Waals surface area contributed by atoms with Crippen molar-refractivity contribution in [2.24, 2.45) is 0 Å². The van der Waals surface area contributed by atoms with Crippen molar-refractivity contribution in [3.8, 4) is 22.4 Å². The van der Waals surface area contributed by atoms with Crippen LogP contribution in [0.15, 0.2) is 82.9 Å². The molecule has 0 aliphatic rings. The third-order valence-electron chi connectivity index (χ3n) is 3.79. The Bertz CT molecular complexity index is 935. The molecule has 0 spiro atoms. The summed E-state index contributed by atoms with van der Waals surface area (Å²) in [6.07, 6.45) is 7.10. The summed E-state index contributed by atoms with van der Waals surface area (Å²) in [7, 11) is 0. The average Bonchev–Trinajstić information content (AvgIpc) is 3.35. The van der Waals surface area contributed by atoms with Crippen LogP contribution < -0.4 is 4.72 Å². The van der Waals surface area contributed by atoms with E-state index < -0.39 is 0 Å². The van der Waals surface area contributed by atoms with Gasteiger partial charge in [-0.2, -0.15) is 5.10 Å². The van der Waals surface area contributed by atoms with Gasteiger partial charge in [-0.3, -0.25) is 14.8 Å². The highest BCUT2D eigenvalue weighted by Crippen LogP contribution is 2.30. The zero-order valence-corrected chi connectivity index (χ0v) is 14.2. The maximum atomic E-state index is 5.30. The van der Waals surface area contributed by atoms with Gasteiger partial charge >= 0.3 is 0 Å². The van der Waals surface area contributed by atoms with Crippen LogP contribution in [0.4, 0.5) is 0 Å². The first-order valence-corrected chi connectivity index (χ1v) is 8.68. The molecule has 5 nitrogen and oxygen atoms in total. The van der Waals surface area contributed by atoms with E-state index in [-0.39, 0.29) is 0 Å². The van der Waals surface area contributed by atoms with Gasteiger partial charge < -0.3 is 4.42 Å². The Morgan fingerprint density at radius 2 is 1.96 bits per heavy atom. The molecule has 25 heavy (non-hydrogen) atoms. The lowest BCUT2D eigenvalue weighted by Gasteiger charge is -2.07. The summed E-state index contributed by atoms with van der Waals surface area (Å²) in [5.74, 6) is 0. The van der Waals surface area contributed by atoms with Crippen LogP contribution in [0.25, 0.3) is 22.4 Å². The van der Waals surface area contributed by atoms with Crippen LogP contribution in [0.1, 0.15) is 5.56 Å². The van der Waals surface area contributed by atoms with E-state index in [0.29, 0.717) is 0 Å². The van der Waals surface area contributed by atoms with Crippen molar-refractivity contribution in [3.63, 3.8) is 0 Å². The average molecular weight is 348 g/mol. The molecule has 0 unspecified atom stereocenters. The number of nitrogens with one attached hydrogen (secondary N) is 2. The smallest absolute Gasteiger partial charge is 0.174 e. The molecule has 0 aliphatic heterocycles. The molecule has 3 heterocycles. The molecule has 0 atom stereocenters. The molecular formula is C19H16N4OS. The summed E-state index contributed by atoms with van der Waals surface area (Å²) < 4.78 is 8.61. The quantitative estimate of drug-likeness (QED) is 0.501. The van der Waals surface area contributed by atoms with Crippen LogP contribution in [0, 0.1) is 0 Å². The van der Waals surface area contributed by atoms with Crippen LogP contribution >= 0.6 is 11.9 Å². The molecule has 4 rings (SSSR count). The van der Waals surface area contributed by atoms with Gasteiger partial charge in [-0.1, -0.05) is 18.2 Å². The van der Waals surface area contributed by atoms with Gasteiger partial charge in [-0.25, -0.2) is 0 Å². The van der Waals surface area contributed by atoms with E-state index in [1.54, 1.807) is 18.7 Å². The second-order valence-electron chi connectivity index (χ2n) is 5.45. The number of hydrogen-bond donors (Lipinski definition) is 2. The number of rotatable bonds is 6. The molecule has 6 heteroatoms. The maximum absolute atomic E-state index is 5.30. The van der Waals surface area contributed by atoms with Gasteiger partial charge in [0.25, 0.3) is 0 Å². The first-order valence-electron chi connectivity index (χ1n) is 7.86. The molecule has 0 radical (unpaired) electrons.